The maximum atomic E-state index is 12.1. The van der Waals surface area contributed by atoms with Crippen molar-refractivity contribution >= 4 is 22.4 Å². The first-order valence-electron chi connectivity index (χ1n) is 6.63. The van der Waals surface area contributed by atoms with Gasteiger partial charge in [-0.15, -0.1) is 11.3 Å². The molecule has 0 aromatic carbocycles. The lowest BCUT2D eigenvalue weighted by atomic mass is 10.1. The Kier molecular flexibility index (Phi) is 4.42. The third-order valence-electron chi connectivity index (χ3n) is 3.40. The Morgan fingerprint density at radius 2 is 2.05 bits per heavy atom. The van der Waals surface area contributed by atoms with Gasteiger partial charge in [0, 0.05) is 43.3 Å². The van der Waals surface area contributed by atoms with Gasteiger partial charge in [0.25, 0.3) is 0 Å². The van der Waals surface area contributed by atoms with Crippen molar-refractivity contribution in [3.05, 3.63) is 11.6 Å². The van der Waals surface area contributed by atoms with Crippen molar-refractivity contribution in [2.75, 3.05) is 38.0 Å². The molecule has 1 N–H and O–H groups in total. The van der Waals surface area contributed by atoms with Crippen LogP contribution in [0.5, 0.6) is 0 Å². The Labute approximate surface area is 118 Å². The average Bonchev–Trinajstić information content (AvgIpc) is 2.88. The van der Waals surface area contributed by atoms with E-state index in [0.29, 0.717) is 6.54 Å². The lowest BCUT2D eigenvalue weighted by Crippen LogP contribution is -2.55. The molecule has 6 heteroatoms. The first kappa shape index (κ1) is 14.3. The summed E-state index contributed by atoms with van der Waals surface area (Å²) in [6.07, 6.45) is 1.74. The molecule has 1 saturated heterocycles. The number of carbonyl (C=O) groups excluding carboxylic acids is 1. The minimum Gasteiger partial charge on any atom is -0.352 e. The average molecular weight is 282 g/mol. The van der Waals surface area contributed by atoms with E-state index in [0.717, 1.165) is 31.3 Å². The van der Waals surface area contributed by atoms with E-state index in [2.05, 4.69) is 36.0 Å². The van der Waals surface area contributed by atoms with E-state index >= 15 is 0 Å². The Hall–Kier alpha value is -1.14. The van der Waals surface area contributed by atoms with Crippen LogP contribution in [0.4, 0.5) is 5.13 Å². The molecule has 2 rings (SSSR count). The van der Waals surface area contributed by atoms with Gasteiger partial charge < -0.3 is 10.2 Å². The van der Waals surface area contributed by atoms with E-state index in [-0.39, 0.29) is 11.4 Å². The van der Waals surface area contributed by atoms with Gasteiger partial charge in [-0.25, -0.2) is 4.98 Å². The zero-order valence-corrected chi connectivity index (χ0v) is 12.7. The lowest BCUT2D eigenvalue weighted by Gasteiger charge is -2.42. The lowest BCUT2D eigenvalue weighted by molar-refractivity contribution is -0.131. The van der Waals surface area contributed by atoms with E-state index < -0.39 is 0 Å². The molecule has 106 valence electrons. The molecular formula is C13H22N4OS. The fraction of sp³-hybridized carbons (Fsp3) is 0.692. The molecule has 1 aromatic heterocycles. The number of nitrogens with zero attached hydrogens (tertiary/aromatic N) is 3. The predicted molar refractivity (Wildman–Crippen MR) is 78.5 cm³/mol. The fourth-order valence-electron chi connectivity index (χ4n) is 2.20. The molecule has 5 nitrogen and oxygen atoms in total. The molecule has 1 aliphatic heterocycles. The van der Waals surface area contributed by atoms with Crippen molar-refractivity contribution in [1.82, 2.24) is 14.8 Å². The maximum Gasteiger partial charge on any atom is 0.242 e. The molecule has 0 radical (unpaired) electrons. The minimum absolute atomic E-state index is 0.156. The summed E-state index contributed by atoms with van der Waals surface area (Å²) < 4.78 is 0. The quantitative estimate of drug-likeness (QED) is 0.913. The first-order chi connectivity index (χ1) is 8.97. The summed E-state index contributed by atoms with van der Waals surface area (Å²) >= 11 is 1.51. The Balaban J connectivity index is 1.76. The molecule has 0 atom stereocenters. The molecule has 0 unspecified atom stereocenters. The van der Waals surface area contributed by atoms with Crippen LogP contribution in [-0.4, -0.2) is 59.0 Å². The summed E-state index contributed by atoms with van der Waals surface area (Å²) in [6, 6.07) is 0. The van der Waals surface area contributed by atoms with Crippen molar-refractivity contribution < 1.29 is 4.79 Å². The van der Waals surface area contributed by atoms with Crippen LogP contribution in [0, 0.1) is 0 Å². The summed E-state index contributed by atoms with van der Waals surface area (Å²) in [6.45, 7) is 10.5. The van der Waals surface area contributed by atoms with Crippen molar-refractivity contribution in [3.63, 3.8) is 0 Å². The second-order valence-electron chi connectivity index (χ2n) is 5.73. The third-order valence-corrected chi connectivity index (χ3v) is 4.14. The summed E-state index contributed by atoms with van der Waals surface area (Å²) in [7, 11) is 0. The van der Waals surface area contributed by atoms with Crippen LogP contribution in [0.2, 0.25) is 0 Å². The molecule has 0 aliphatic carbocycles. The molecule has 1 aliphatic rings. The zero-order chi connectivity index (χ0) is 13.9. The minimum atomic E-state index is 0.156. The van der Waals surface area contributed by atoms with Crippen molar-refractivity contribution in [1.29, 1.82) is 0 Å². The van der Waals surface area contributed by atoms with Crippen molar-refractivity contribution in [3.8, 4) is 0 Å². The molecule has 19 heavy (non-hydrogen) atoms. The Morgan fingerprint density at radius 3 is 2.58 bits per heavy atom. The van der Waals surface area contributed by atoms with Gasteiger partial charge in [-0.1, -0.05) is 0 Å². The van der Waals surface area contributed by atoms with E-state index in [1.807, 2.05) is 10.3 Å². The standard InChI is InChI=1S/C13H22N4OS/c1-13(2,3)17-7-5-16(6-8-17)11(18)10-15-12-14-4-9-19-12/h4,9H,5-8,10H2,1-3H3,(H,14,15). The van der Waals surface area contributed by atoms with Gasteiger partial charge in [0.2, 0.25) is 5.91 Å². The van der Waals surface area contributed by atoms with E-state index in [9.17, 15) is 4.79 Å². The zero-order valence-electron chi connectivity index (χ0n) is 11.8. The third kappa shape index (κ3) is 3.91. The van der Waals surface area contributed by atoms with Crippen molar-refractivity contribution in [2.24, 2.45) is 0 Å². The van der Waals surface area contributed by atoms with Gasteiger partial charge >= 0.3 is 0 Å². The summed E-state index contributed by atoms with van der Waals surface area (Å²) in [5.41, 5.74) is 0.189. The molecule has 1 aromatic rings. The highest BCUT2D eigenvalue weighted by atomic mass is 32.1. The van der Waals surface area contributed by atoms with Gasteiger partial charge in [-0.2, -0.15) is 0 Å². The Morgan fingerprint density at radius 1 is 1.37 bits per heavy atom. The van der Waals surface area contributed by atoms with Crippen molar-refractivity contribution in [2.45, 2.75) is 26.3 Å². The molecule has 0 saturated carbocycles. The second kappa shape index (κ2) is 5.88. The van der Waals surface area contributed by atoms with Crippen LogP contribution >= 0.6 is 11.3 Å². The van der Waals surface area contributed by atoms with Crippen LogP contribution in [0.3, 0.4) is 0 Å². The van der Waals surface area contributed by atoms with Gasteiger partial charge in [0.05, 0.1) is 6.54 Å². The number of anilines is 1. The smallest absolute Gasteiger partial charge is 0.242 e. The second-order valence-corrected chi connectivity index (χ2v) is 6.62. The highest BCUT2D eigenvalue weighted by Gasteiger charge is 2.27. The highest BCUT2D eigenvalue weighted by molar-refractivity contribution is 7.13. The Bertz CT molecular complexity index is 405. The molecule has 1 amide bonds. The number of rotatable bonds is 3. The van der Waals surface area contributed by atoms with Crippen LogP contribution in [0.15, 0.2) is 11.6 Å². The van der Waals surface area contributed by atoms with E-state index in [1.165, 1.54) is 11.3 Å². The largest absolute Gasteiger partial charge is 0.352 e. The number of hydrogen-bond acceptors (Lipinski definition) is 5. The number of piperazine rings is 1. The SMILES string of the molecule is CC(C)(C)N1CCN(C(=O)CNc2nccs2)CC1. The molecule has 2 heterocycles. The first-order valence-corrected chi connectivity index (χ1v) is 7.51. The van der Waals surface area contributed by atoms with Gasteiger partial charge in [0.1, 0.15) is 0 Å². The summed E-state index contributed by atoms with van der Waals surface area (Å²) in [4.78, 5) is 20.5. The number of amides is 1. The molecule has 0 spiro atoms. The highest BCUT2D eigenvalue weighted by Crippen LogP contribution is 2.16. The van der Waals surface area contributed by atoms with Crippen LogP contribution in [0.25, 0.3) is 0 Å². The van der Waals surface area contributed by atoms with E-state index in [4.69, 9.17) is 0 Å². The number of hydrogen-bond donors (Lipinski definition) is 1. The van der Waals surface area contributed by atoms with Gasteiger partial charge in [-0.3, -0.25) is 9.69 Å². The van der Waals surface area contributed by atoms with Crippen LogP contribution in [-0.2, 0) is 4.79 Å². The number of nitrogens with one attached hydrogen (secondary N) is 1. The molecule has 1 fully saturated rings. The molecular weight excluding hydrogens is 260 g/mol. The number of aromatic nitrogens is 1. The van der Waals surface area contributed by atoms with Crippen LogP contribution in [0.1, 0.15) is 20.8 Å². The summed E-state index contributed by atoms with van der Waals surface area (Å²) in [5.74, 6) is 0.156. The predicted octanol–water partition coefficient (Wildman–Crippen LogP) is 1.50. The maximum absolute atomic E-state index is 12.1. The normalized spacial score (nSPS) is 17.5. The topological polar surface area (TPSA) is 48.5 Å². The van der Waals surface area contributed by atoms with Gasteiger partial charge in [-0.05, 0) is 20.8 Å². The van der Waals surface area contributed by atoms with Crippen LogP contribution < -0.4 is 5.32 Å². The summed E-state index contributed by atoms with van der Waals surface area (Å²) in [5, 5.41) is 5.77. The number of thiazole rings is 1. The van der Waals surface area contributed by atoms with Gasteiger partial charge in [0.15, 0.2) is 5.13 Å². The monoisotopic (exact) mass is 282 g/mol. The van der Waals surface area contributed by atoms with E-state index in [1.54, 1.807) is 6.20 Å². The molecule has 0 bridgehead atoms. The number of carbonyl (C=O) groups is 1. The fourth-order valence-corrected chi connectivity index (χ4v) is 2.73.